The van der Waals surface area contributed by atoms with Crippen molar-refractivity contribution in [3.8, 4) is 0 Å². The van der Waals surface area contributed by atoms with E-state index in [0.29, 0.717) is 0 Å². The molecule has 0 unspecified atom stereocenters. The fraction of sp³-hybridized carbons (Fsp3) is 0.538. The van der Waals surface area contributed by atoms with Gasteiger partial charge in [-0.05, 0) is 11.6 Å². The maximum atomic E-state index is 5.84. The van der Waals surface area contributed by atoms with Gasteiger partial charge in [0.15, 0.2) is 0 Å². The van der Waals surface area contributed by atoms with Gasteiger partial charge in [-0.15, -0.1) is 0 Å². The van der Waals surface area contributed by atoms with Crippen LogP contribution in [-0.4, -0.2) is 44.9 Å². The molecule has 1 saturated heterocycles. The van der Waals surface area contributed by atoms with Gasteiger partial charge in [0.2, 0.25) is 0 Å². The van der Waals surface area contributed by atoms with Crippen molar-refractivity contribution in [1.29, 1.82) is 0 Å². The number of rotatable bonds is 4. The Balaban J connectivity index is 1.99. The van der Waals surface area contributed by atoms with E-state index in [0.717, 1.165) is 37.3 Å². The fourth-order valence-corrected chi connectivity index (χ4v) is 2.59. The predicted octanol–water partition coefficient (Wildman–Crippen LogP) is 2.47. The molecular formula is C13H18BrNO2. The third-order valence-corrected chi connectivity index (χ3v) is 3.74. The molecule has 0 N–H and O–H groups in total. The van der Waals surface area contributed by atoms with Gasteiger partial charge >= 0.3 is 0 Å². The predicted molar refractivity (Wildman–Crippen MR) is 71.2 cm³/mol. The van der Waals surface area contributed by atoms with Crippen LogP contribution in [0.15, 0.2) is 28.7 Å². The summed E-state index contributed by atoms with van der Waals surface area (Å²) in [5.41, 5.74) is 1.23. The number of halogens is 1. The van der Waals surface area contributed by atoms with Crippen molar-refractivity contribution in [3.63, 3.8) is 0 Å². The average Bonchev–Trinajstić information content (AvgIpc) is 2.37. The topological polar surface area (TPSA) is 21.7 Å². The van der Waals surface area contributed by atoms with E-state index in [1.54, 1.807) is 7.11 Å². The highest BCUT2D eigenvalue weighted by Crippen LogP contribution is 2.28. The molecule has 0 aromatic heterocycles. The molecule has 1 fully saturated rings. The van der Waals surface area contributed by atoms with E-state index in [4.69, 9.17) is 9.47 Å². The molecule has 0 saturated carbocycles. The summed E-state index contributed by atoms with van der Waals surface area (Å²) in [6.45, 7) is 4.47. The lowest BCUT2D eigenvalue weighted by atomic mass is 10.1. The van der Waals surface area contributed by atoms with Gasteiger partial charge < -0.3 is 9.47 Å². The molecule has 1 aromatic rings. The Morgan fingerprint density at radius 1 is 1.47 bits per heavy atom. The highest BCUT2D eigenvalue weighted by atomic mass is 79.9. The van der Waals surface area contributed by atoms with Crippen molar-refractivity contribution in [2.75, 3.05) is 40.0 Å². The largest absolute Gasteiger partial charge is 0.383 e. The molecule has 0 spiro atoms. The summed E-state index contributed by atoms with van der Waals surface area (Å²) >= 11 is 3.58. The Labute approximate surface area is 111 Å². The maximum Gasteiger partial charge on any atom is 0.0963 e. The third kappa shape index (κ3) is 3.52. The molecule has 1 aliphatic rings. The SMILES string of the molecule is COCCN1CCO[C@@H](c2ccccc2Br)C1. The zero-order valence-corrected chi connectivity index (χ0v) is 11.6. The van der Waals surface area contributed by atoms with Crippen LogP contribution in [0.5, 0.6) is 0 Å². The number of benzene rings is 1. The summed E-state index contributed by atoms with van der Waals surface area (Å²) in [6, 6.07) is 8.26. The zero-order valence-electron chi connectivity index (χ0n) is 10.1. The van der Waals surface area contributed by atoms with E-state index in [9.17, 15) is 0 Å². The van der Waals surface area contributed by atoms with Crippen molar-refractivity contribution >= 4 is 15.9 Å². The van der Waals surface area contributed by atoms with E-state index in [2.05, 4.69) is 39.0 Å². The van der Waals surface area contributed by atoms with Gasteiger partial charge in [-0.3, -0.25) is 4.90 Å². The average molecular weight is 300 g/mol. The summed E-state index contributed by atoms with van der Waals surface area (Å²) in [4.78, 5) is 2.39. The summed E-state index contributed by atoms with van der Waals surface area (Å²) < 4.78 is 12.1. The lowest BCUT2D eigenvalue weighted by molar-refractivity contribution is -0.0359. The smallest absolute Gasteiger partial charge is 0.0963 e. The highest BCUT2D eigenvalue weighted by Gasteiger charge is 2.22. The van der Waals surface area contributed by atoms with E-state index in [1.807, 2.05) is 6.07 Å². The summed E-state index contributed by atoms with van der Waals surface area (Å²) in [5, 5.41) is 0. The Hall–Kier alpha value is -0.420. The van der Waals surface area contributed by atoms with E-state index >= 15 is 0 Å². The van der Waals surface area contributed by atoms with Gasteiger partial charge in [0.1, 0.15) is 0 Å². The van der Waals surface area contributed by atoms with Crippen molar-refractivity contribution < 1.29 is 9.47 Å². The summed E-state index contributed by atoms with van der Waals surface area (Å²) in [6.07, 6.45) is 0.163. The van der Waals surface area contributed by atoms with Crippen LogP contribution in [0.1, 0.15) is 11.7 Å². The first-order chi connectivity index (χ1) is 8.31. The molecule has 1 atom stereocenters. The van der Waals surface area contributed by atoms with Gasteiger partial charge in [0.05, 0.1) is 19.3 Å². The van der Waals surface area contributed by atoms with Crippen molar-refractivity contribution in [1.82, 2.24) is 4.90 Å². The fourth-order valence-electron chi connectivity index (χ4n) is 2.05. The molecule has 0 radical (unpaired) electrons. The van der Waals surface area contributed by atoms with E-state index in [-0.39, 0.29) is 6.10 Å². The Morgan fingerprint density at radius 3 is 3.06 bits per heavy atom. The summed E-state index contributed by atoms with van der Waals surface area (Å²) in [7, 11) is 1.74. The normalized spacial score (nSPS) is 21.6. The molecule has 1 heterocycles. The zero-order chi connectivity index (χ0) is 12.1. The third-order valence-electron chi connectivity index (χ3n) is 3.01. The number of hydrogen-bond donors (Lipinski definition) is 0. The van der Waals surface area contributed by atoms with E-state index < -0.39 is 0 Å². The minimum Gasteiger partial charge on any atom is -0.383 e. The Morgan fingerprint density at radius 2 is 2.29 bits per heavy atom. The molecule has 4 heteroatoms. The van der Waals surface area contributed by atoms with Crippen LogP contribution in [0.3, 0.4) is 0 Å². The number of hydrogen-bond acceptors (Lipinski definition) is 3. The molecule has 3 nitrogen and oxygen atoms in total. The monoisotopic (exact) mass is 299 g/mol. The molecule has 0 bridgehead atoms. The van der Waals surface area contributed by atoms with Crippen LogP contribution in [0, 0.1) is 0 Å². The Bertz CT molecular complexity index is 359. The number of nitrogens with zero attached hydrogens (tertiary/aromatic N) is 1. The van der Waals surface area contributed by atoms with Crippen LogP contribution >= 0.6 is 15.9 Å². The summed E-state index contributed by atoms with van der Waals surface area (Å²) in [5.74, 6) is 0. The van der Waals surface area contributed by atoms with Gasteiger partial charge in [0, 0.05) is 31.2 Å². The molecule has 0 amide bonds. The molecule has 0 aliphatic carbocycles. The second kappa shape index (κ2) is 6.50. The van der Waals surface area contributed by atoms with Crippen molar-refractivity contribution in [2.24, 2.45) is 0 Å². The van der Waals surface area contributed by atoms with Gasteiger partial charge in [-0.1, -0.05) is 34.1 Å². The maximum absolute atomic E-state index is 5.84. The lowest BCUT2D eigenvalue weighted by Gasteiger charge is -2.33. The van der Waals surface area contributed by atoms with Crippen LogP contribution < -0.4 is 0 Å². The first-order valence-electron chi connectivity index (χ1n) is 5.88. The lowest BCUT2D eigenvalue weighted by Crippen LogP contribution is -2.40. The molecule has 17 heavy (non-hydrogen) atoms. The van der Waals surface area contributed by atoms with Crippen molar-refractivity contribution in [3.05, 3.63) is 34.3 Å². The second-order valence-corrected chi connectivity index (χ2v) is 5.03. The van der Waals surface area contributed by atoms with E-state index in [1.165, 1.54) is 5.56 Å². The molecule has 1 aliphatic heterocycles. The number of ether oxygens (including phenoxy) is 2. The quantitative estimate of drug-likeness (QED) is 0.852. The van der Waals surface area contributed by atoms with Gasteiger partial charge in [-0.25, -0.2) is 0 Å². The van der Waals surface area contributed by atoms with Crippen LogP contribution in [0.2, 0.25) is 0 Å². The number of morpholine rings is 1. The standard InChI is InChI=1S/C13H18BrNO2/c1-16-8-6-15-7-9-17-13(10-15)11-4-2-3-5-12(11)14/h2-5,13H,6-10H2,1H3/t13-/m1/s1. The molecule has 2 rings (SSSR count). The van der Waals surface area contributed by atoms with Crippen LogP contribution in [0.25, 0.3) is 0 Å². The Kier molecular flexibility index (Phi) is 4.98. The van der Waals surface area contributed by atoms with Crippen molar-refractivity contribution in [2.45, 2.75) is 6.10 Å². The number of methoxy groups -OCH3 is 1. The molecular weight excluding hydrogens is 282 g/mol. The molecule has 94 valence electrons. The first-order valence-corrected chi connectivity index (χ1v) is 6.68. The van der Waals surface area contributed by atoms with Gasteiger partial charge in [0.25, 0.3) is 0 Å². The van der Waals surface area contributed by atoms with Crippen LogP contribution in [-0.2, 0) is 9.47 Å². The van der Waals surface area contributed by atoms with Gasteiger partial charge in [-0.2, -0.15) is 0 Å². The minimum atomic E-state index is 0.163. The second-order valence-electron chi connectivity index (χ2n) is 4.17. The first kappa shape index (κ1) is 13.0. The molecule has 1 aromatic carbocycles. The minimum absolute atomic E-state index is 0.163. The highest BCUT2D eigenvalue weighted by molar-refractivity contribution is 9.10. The van der Waals surface area contributed by atoms with Crippen LogP contribution in [0.4, 0.5) is 0 Å².